The number of aliphatic carboxylic acids is 2. The van der Waals surface area contributed by atoms with Crippen LogP contribution in [-0.2, 0) is 19.2 Å². The molecule has 2 N–H and O–H groups in total. The standard InChI is InChI=1S/C9H8N4O8.2K/c14-4-2(6(16)17)12(8(20)10-4)1-13-3(7(18)19)5(15)11-9(13)21;;/h2-3H,1H2,(H,16,17)(H,18,19)(H,10,14,20)(H,11,15,21);;/q;2*+1/p-2. The molecule has 2 aliphatic rings. The summed E-state index contributed by atoms with van der Waals surface area (Å²) in [7, 11) is 0. The van der Waals surface area contributed by atoms with Crippen LogP contribution in [0.5, 0.6) is 0 Å². The van der Waals surface area contributed by atoms with Crippen LogP contribution in [0.15, 0.2) is 0 Å². The number of urea groups is 2. The summed E-state index contributed by atoms with van der Waals surface area (Å²) < 4.78 is 0. The minimum absolute atomic E-state index is 0. The van der Waals surface area contributed by atoms with E-state index in [-0.39, 0.29) is 103 Å². The van der Waals surface area contributed by atoms with Crippen molar-refractivity contribution in [1.82, 2.24) is 20.4 Å². The van der Waals surface area contributed by atoms with Crippen LogP contribution in [0.1, 0.15) is 0 Å². The number of carboxylic acids is 2. The van der Waals surface area contributed by atoms with Gasteiger partial charge in [0.25, 0.3) is 11.8 Å². The second-order valence-corrected chi connectivity index (χ2v) is 4.11. The van der Waals surface area contributed by atoms with Gasteiger partial charge in [-0.3, -0.25) is 30.0 Å². The van der Waals surface area contributed by atoms with Crippen LogP contribution in [0.2, 0.25) is 0 Å². The third-order valence-corrected chi connectivity index (χ3v) is 2.85. The molecule has 0 bridgehead atoms. The fraction of sp³-hybridized carbons (Fsp3) is 0.333. The van der Waals surface area contributed by atoms with Gasteiger partial charge in [0, 0.05) is 0 Å². The topological polar surface area (TPSA) is 179 Å². The third kappa shape index (κ3) is 4.59. The molecule has 2 atom stereocenters. The van der Waals surface area contributed by atoms with E-state index in [1.165, 1.54) is 0 Å². The monoisotopic (exact) mass is 376 g/mol. The van der Waals surface area contributed by atoms with E-state index in [9.17, 15) is 39.0 Å². The smallest absolute Gasteiger partial charge is 0.547 e. The van der Waals surface area contributed by atoms with Crippen molar-refractivity contribution in [2.24, 2.45) is 0 Å². The summed E-state index contributed by atoms with van der Waals surface area (Å²) in [6.07, 6.45) is 0. The summed E-state index contributed by atoms with van der Waals surface area (Å²) in [4.78, 5) is 67.8. The van der Waals surface area contributed by atoms with Crippen molar-refractivity contribution >= 4 is 35.8 Å². The molecule has 112 valence electrons. The fourth-order valence-corrected chi connectivity index (χ4v) is 1.93. The maximum Gasteiger partial charge on any atom is 1.00 e. The zero-order valence-corrected chi connectivity index (χ0v) is 18.3. The Morgan fingerprint density at radius 1 is 0.826 bits per heavy atom. The van der Waals surface area contributed by atoms with E-state index < -0.39 is 54.6 Å². The molecule has 2 heterocycles. The number of carbonyl (C=O) groups excluding carboxylic acids is 6. The van der Waals surface area contributed by atoms with E-state index in [0.717, 1.165) is 0 Å². The van der Waals surface area contributed by atoms with Crippen LogP contribution >= 0.6 is 0 Å². The van der Waals surface area contributed by atoms with E-state index in [0.29, 0.717) is 9.80 Å². The molecule has 2 saturated heterocycles. The number of imide groups is 2. The molecule has 0 aromatic heterocycles. The normalized spacial score (nSPS) is 23.0. The molecule has 2 unspecified atom stereocenters. The molecule has 0 aromatic rings. The summed E-state index contributed by atoms with van der Waals surface area (Å²) in [5, 5.41) is 25.0. The minimum Gasteiger partial charge on any atom is -0.547 e. The minimum atomic E-state index is -2.04. The van der Waals surface area contributed by atoms with Gasteiger partial charge in [-0.05, 0) is 0 Å². The van der Waals surface area contributed by atoms with Crippen LogP contribution in [0, 0.1) is 0 Å². The van der Waals surface area contributed by atoms with Crippen LogP contribution in [0.3, 0.4) is 0 Å². The summed E-state index contributed by atoms with van der Waals surface area (Å²) in [5.41, 5.74) is 0. The van der Waals surface area contributed by atoms with Crippen molar-refractivity contribution in [2.45, 2.75) is 12.1 Å². The SMILES string of the molecule is O=C([O-])C1C(=O)NC(=O)N1CN1C(=O)NC(=O)C1C(=O)[O-].[K+].[K+]. The Balaban J connectivity index is 0.00000242. The second kappa shape index (κ2) is 8.98. The third-order valence-electron chi connectivity index (χ3n) is 2.85. The summed E-state index contributed by atoms with van der Waals surface area (Å²) in [5.74, 6) is -6.24. The average Bonchev–Trinajstić information content (AvgIpc) is 2.77. The molecule has 2 fully saturated rings. The van der Waals surface area contributed by atoms with Crippen molar-refractivity contribution in [3.8, 4) is 0 Å². The Hall–Kier alpha value is 0.0927. The molecule has 0 aliphatic carbocycles. The molecular weight excluding hydrogens is 370 g/mol. The quantitative estimate of drug-likeness (QED) is 0.276. The van der Waals surface area contributed by atoms with Crippen LogP contribution in [0.4, 0.5) is 9.59 Å². The van der Waals surface area contributed by atoms with Gasteiger partial charge in [0.2, 0.25) is 0 Å². The predicted octanol–water partition coefficient (Wildman–Crippen LogP) is -11.7. The van der Waals surface area contributed by atoms with E-state index in [1.54, 1.807) is 10.6 Å². The summed E-state index contributed by atoms with van der Waals surface area (Å²) in [6.45, 7) is -0.924. The summed E-state index contributed by atoms with van der Waals surface area (Å²) >= 11 is 0. The first-order valence-corrected chi connectivity index (χ1v) is 5.38. The first-order valence-electron chi connectivity index (χ1n) is 5.38. The molecular formula is C9H6K2N4O8. The number of nitrogens with zero attached hydrogens (tertiary/aromatic N) is 2. The first-order chi connectivity index (χ1) is 9.73. The summed E-state index contributed by atoms with van der Waals surface area (Å²) in [6, 6.07) is -6.41. The number of carbonyl (C=O) groups is 6. The van der Waals surface area contributed by atoms with Crippen LogP contribution < -0.4 is 124 Å². The number of hydrogen-bond acceptors (Lipinski definition) is 8. The Morgan fingerprint density at radius 3 is 1.39 bits per heavy atom. The molecule has 2 aliphatic heterocycles. The van der Waals surface area contributed by atoms with Gasteiger partial charge in [-0.25, -0.2) is 9.59 Å². The Morgan fingerprint density at radius 2 is 1.13 bits per heavy atom. The van der Waals surface area contributed by atoms with Gasteiger partial charge in [0.15, 0.2) is 12.1 Å². The number of hydrogen-bond donors (Lipinski definition) is 2. The Kier molecular flexibility index (Phi) is 9.01. The second-order valence-electron chi connectivity index (χ2n) is 4.11. The number of amides is 6. The number of nitrogens with one attached hydrogen (secondary N) is 2. The molecule has 0 saturated carbocycles. The molecule has 0 radical (unpaired) electrons. The molecule has 12 nitrogen and oxygen atoms in total. The van der Waals surface area contributed by atoms with Gasteiger partial charge in [-0.1, -0.05) is 0 Å². The van der Waals surface area contributed by atoms with Crippen molar-refractivity contribution in [2.75, 3.05) is 6.67 Å². The van der Waals surface area contributed by atoms with Gasteiger partial charge >= 0.3 is 115 Å². The predicted molar refractivity (Wildman–Crippen MR) is 53.2 cm³/mol. The van der Waals surface area contributed by atoms with E-state index in [4.69, 9.17) is 0 Å². The van der Waals surface area contributed by atoms with Gasteiger partial charge in [-0.2, -0.15) is 0 Å². The maximum absolute atomic E-state index is 11.4. The zero-order chi connectivity index (χ0) is 15.9. The Labute approximate surface area is 213 Å². The number of carboxylic acid groups (broad SMARTS) is 2. The zero-order valence-electron chi connectivity index (χ0n) is 12.0. The van der Waals surface area contributed by atoms with Gasteiger partial charge in [0.1, 0.15) is 6.67 Å². The fourth-order valence-electron chi connectivity index (χ4n) is 1.93. The number of rotatable bonds is 4. The molecule has 14 heteroatoms. The van der Waals surface area contributed by atoms with Crippen molar-refractivity contribution in [3.05, 3.63) is 0 Å². The van der Waals surface area contributed by atoms with E-state index >= 15 is 0 Å². The molecule has 6 amide bonds. The van der Waals surface area contributed by atoms with Crippen LogP contribution in [0.25, 0.3) is 0 Å². The molecule has 0 spiro atoms. The van der Waals surface area contributed by atoms with Gasteiger partial charge in [-0.15, -0.1) is 0 Å². The molecule has 23 heavy (non-hydrogen) atoms. The van der Waals surface area contributed by atoms with Gasteiger partial charge < -0.3 is 19.8 Å². The van der Waals surface area contributed by atoms with E-state index in [2.05, 4.69) is 0 Å². The maximum atomic E-state index is 11.4. The van der Waals surface area contributed by atoms with Crippen molar-refractivity contribution in [1.29, 1.82) is 0 Å². The molecule has 0 aromatic carbocycles. The first kappa shape index (κ1) is 23.1. The molecule has 2 rings (SSSR count). The van der Waals surface area contributed by atoms with Crippen LogP contribution in [-0.4, -0.2) is 64.4 Å². The largest absolute Gasteiger partial charge is 1.00 e. The van der Waals surface area contributed by atoms with Gasteiger partial charge in [0.05, 0.1) is 11.9 Å². The van der Waals surface area contributed by atoms with Crippen molar-refractivity contribution < 1.29 is 142 Å². The Bertz CT molecular complexity index is 546. The van der Waals surface area contributed by atoms with Crippen molar-refractivity contribution in [3.63, 3.8) is 0 Å². The van der Waals surface area contributed by atoms with E-state index in [1.807, 2.05) is 0 Å². The average molecular weight is 376 g/mol.